The average molecular weight is 263 g/mol. The zero-order valence-corrected chi connectivity index (χ0v) is 11.3. The molecule has 0 aliphatic carbocycles. The number of piperidine rings is 1. The number of hydrogen-bond acceptors (Lipinski definition) is 4. The van der Waals surface area contributed by atoms with Crippen LogP contribution in [0.4, 0.5) is 0 Å². The minimum absolute atomic E-state index is 0.00832. The van der Waals surface area contributed by atoms with Crippen LogP contribution in [0.2, 0.25) is 0 Å². The zero-order chi connectivity index (χ0) is 13.7. The fourth-order valence-corrected chi connectivity index (χ4v) is 2.56. The minimum Gasteiger partial charge on any atom is -0.508 e. The van der Waals surface area contributed by atoms with Gasteiger partial charge in [0, 0.05) is 13.1 Å². The molecule has 0 saturated carbocycles. The molecule has 0 spiro atoms. The summed E-state index contributed by atoms with van der Waals surface area (Å²) in [7, 11) is 0. The molecule has 0 radical (unpaired) electrons. The lowest BCUT2D eigenvalue weighted by Crippen LogP contribution is -2.38. The Labute approximate surface area is 114 Å². The summed E-state index contributed by atoms with van der Waals surface area (Å²) >= 11 is 0. The molecular formula is C15H21NO3. The molecule has 0 bridgehead atoms. The van der Waals surface area contributed by atoms with Gasteiger partial charge in [-0.15, -0.1) is 0 Å². The van der Waals surface area contributed by atoms with E-state index in [9.17, 15) is 9.90 Å². The first-order chi connectivity index (χ1) is 9.19. The number of aromatic hydroxyl groups is 1. The van der Waals surface area contributed by atoms with E-state index >= 15 is 0 Å². The van der Waals surface area contributed by atoms with Crippen LogP contribution in [-0.4, -0.2) is 35.7 Å². The van der Waals surface area contributed by atoms with Crippen LogP contribution in [-0.2, 0) is 16.1 Å². The monoisotopic (exact) mass is 263 g/mol. The number of esters is 1. The van der Waals surface area contributed by atoms with Crippen molar-refractivity contribution in [2.45, 2.75) is 26.3 Å². The molecule has 104 valence electrons. The van der Waals surface area contributed by atoms with Gasteiger partial charge in [0.15, 0.2) is 0 Å². The van der Waals surface area contributed by atoms with Gasteiger partial charge in [0.2, 0.25) is 0 Å². The molecule has 0 amide bonds. The smallest absolute Gasteiger partial charge is 0.310 e. The molecule has 1 N–H and O–H groups in total. The first-order valence-corrected chi connectivity index (χ1v) is 6.86. The molecule has 1 aromatic rings. The normalized spacial score (nSPS) is 20.2. The Morgan fingerprint density at radius 3 is 3.11 bits per heavy atom. The third-order valence-electron chi connectivity index (χ3n) is 3.44. The highest BCUT2D eigenvalue weighted by atomic mass is 16.5. The molecule has 1 unspecified atom stereocenters. The van der Waals surface area contributed by atoms with Crippen LogP contribution in [0, 0.1) is 5.92 Å². The number of carbonyl (C=O) groups excluding carboxylic acids is 1. The molecule has 4 nitrogen and oxygen atoms in total. The summed E-state index contributed by atoms with van der Waals surface area (Å²) in [6, 6.07) is 7.28. The lowest BCUT2D eigenvalue weighted by molar-refractivity contribution is -0.150. The number of likely N-dealkylation sites (tertiary alicyclic amines) is 1. The van der Waals surface area contributed by atoms with Gasteiger partial charge in [-0.2, -0.15) is 0 Å². The van der Waals surface area contributed by atoms with Crippen LogP contribution in [0.1, 0.15) is 25.3 Å². The van der Waals surface area contributed by atoms with Crippen molar-refractivity contribution in [1.82, 2.24) is 4.90 Å². The molecule has 1 saturated heterocycles. The fraction of sp³-hybridized carbons (Fsp3) is 0.533. The number of phenolic OH excluding ortho intramolecular Hbond substituents is 1. The van der Waals surface area contributed by atoms with Crippen LogP contribution in [0.5, 0.6) is 5.75 Å². The highest BCUT2D eigenvalue weighted by Crippen LogP contribution is 2.21. The van der Waals surface area contributed by atoms with Gasteiger partial charge in [0.25, 0.3) is 0 Å². The summed E-state index contributed by atoms with van der Waals surface area (Å²) in [6.45, 7) is 4.79. The summed E-state index contributed by atoms with van der Waals surface area (Å²) in [5.41, 5.74) is 1.07. The largest absolute Gasteiger partial charge is 0.508 e. The fourth-order valence-electron chi connectivity index (χ4n) is 2.56. The molecule has 1 heterocycles. The molecule has 2 rings (SSSR count). The molecular weight excluding hydrogens is 242 g/mol. The maximum absolute atomic E-state index is 11.8. The number of phenols is 1. The zero-order valence-electron chi connectivity index (χ0n) is 11.3. The third kappa shape index (κ3) is 3.96. The highest BCUT2D eigenvalue weighted by Gasteiger charge is 2.26. The molecule has 1 aliphatic heterocycles. The third-order valence-corrected chi connectivity index (χ3v) is 3.44. The summed E-state index contributed by atoms with van der Waals surface area (Å²) in [5, 5.41) is 9.46. The lowest BCUT2D eigenvalue weighted by Gasteiger charge is -2.31. The van der Waals surface area contributed by atoms with Crippen molar-refractivity contribution in [3.05, 3.63) is 29.8 Å². The van der Waals surface area contributed by atoms with E-state index in [0.29, 0.717) is 6.61 Å². The second kappa shape index (κ2) is 6.57. The molecule has 0 aromatic heterocycles. The van der Waals surface area contributed by atoms with E-state index in [-0.39, 0.29) is 17.6 Å². The van der Waals surface area contributed by atoms with Gasteiger partial charge in [-0.25, -0.2) is 0 Å². The molecule has 1 aromatic carbocycles. The predicted molar refractivity (Wildman–Crippen MR) is 72.7 cm³/mol. The van der Waals surface area contributed by atoms with Crippen molar-refractivity contribution >= 4 is 5.97 Å². The molecule has 1 aliphatic rings. The Morgan fingerprint density at radius 2 is 2.37 bits per heavy atom. The van der Waals surface area contributed by atoms with Crippen molar-refractivity contribution in [1.29, 1.82) is 0 Å². The molecule has 19 heavy (non-hydrogen) atoms. The first kappa shape index (κ1) is 13.9. The van der Waals surface area contributed by atoms with Gasteiger partial charge in [-0.3, -0.25) is 9.69 Å². The van der Waals surface area contributed by atoms with E-state index in [2.05, 4.69) is 4.90 Å². The number of carbonyl (C=O) groups is 1. The van der Waals surface area contributed by atoms with Crippen LogP contribution in [0.3, 0.4) is 0 Å². The maximum atomic E-state index is 11.8. The second-order valence-corrected chi connectivity index (χ2v) is 5.00. The van der Waals surface area contributed by atoms with Crippen molar-refractivity contribution in [3.8, 4) is 5.75 Å². The maximum Gasteiger partial charge on any atom is 0.310 e. The first-order valence-electron chi connectivity index (χ1n) is 6.86. The van der Waals surface area contributed by atoms with E-state index in [1.165, 1.54) is 0 Å². The second-order valence-electron chi connectivity index (χ2n) is 5.00. The molecule has 1 atom stereocenters. The quantitative estimate of drug-likeness (QED) is 0.846. The van der Waals surface area contributed by atoms with E-state index < -0.39 is 0 Å². The minimum atomic E-state index is -0.0805. The number of hydrogen-bond donors (Lipinski definition) is 1. The van der Waals surface area contributed by atoms with Crippen LogP contribution in [0.15, 0.2) is 24.3 Å². The van der Waals surface area contributed by atoms with Crippen molar-refractivity contribution in [2.24, 2.45) is 5.92 Å². The Kier molecular flexibility index (Phi) is 4.80. The van der Waals surface area contributed by atoms with Gasteiger partial charge in [-0.1, -0.05) is 12.1 Å². The van der Waals surface area contributed by atoms with E-state index in [4.69, 9.17) is 4.74 Å². The van der Waals surface area contributed by atoms with Crippen LogP contribution in [0.25, 0.3) is 0 Å². The Balaban J connectivity index is 1.92. The van der Waals surface area contributed by atoms with Gasteiger partial charge < -0.3 is 9.84 Å². The van der Waals surface area contributed by atoms with Gasteiger partial charge in [-0.05, 0) is 44.0 Å². The van der Waals surface area contributed by atoms with Crippen LogP contribution < -0.4 is 0 Å². The molecule has 1 fully saturated rings. The van der Waals surface area contributed by atoms with Crippen molar-refractivity contribution in [3.63, 3.8) is 0 Å². The van der Waals surface area contributed by atoms with Gasteiger partial charge in [0.05, 0.1) is 12.5 Å². The van der Waals surface area contributed by atoms with Crippen molar-refractivity contribution in [2.75, 3.05) is 19.7 Å². The van der Waals surface area contributed by atoms with E-state index in [1.807, 2.05) is 19.1 Å². The van der Waals surface area contributed by atoms with Crippen LogP contribution >= 0.6 is 0 Å². The van der Waals surface area contributed by atoms with Gasteiger partial charge in [0.1, 0.15) is 5.75 Å². The Morgan fingerprint density at radius 1 is 1.53 bits per heavy atom. The standard InChI is InChI=1S/C15H21NO3/c1-2-19-15(18)13-6-4-8-16(11-13)10-12-5-3-7-14(17)9-12/h3,5,7,9,13,17H,2,4,6,8,10-11H2,1H3. The van der Waals surface area contributed by atoms with E-state index in [0.717, 1.165) is 38.0 Å². The highest BCUT2D eigenvalue weighted by molar-refractivity contribution is 5.72. The Hall–Kier alpha value is -1.55. The average Bonchev–Trinajstić information content (AvgIpc) is 2.39. The topological polar surface area (TPSA) is 49.8 Å². The number of rotatable bonds is 4. The molecule has 4 heteroatoms. The number of benzene rings is 1. The van der Waals surface area contributed by atoms with Crippen molar-refractivity contribution < 1.29 is 14.6 Å². The SMILES string of the molecule is CCOC(=O)C1CCCN(Cc2cccc(O)c2)C1. The summed E-state index contributed by atoms with van der Waals surface area (Å²) in [6.07, 6.45) is 1.93. The predicted octanol–water partition coefficient (Wildman–Crippen LogP) is 2.17. The van der Waals surface area contributed by atoms with Gasteiger partial charge >= 0.3 is 5.97 Å². The Bertz CT molecular complexity index is 433. The van der Waals surface area contributed by atoms with E-state index in [1.54, 1.807) is 12.1 Å². The summed E-state index contributed by atoms with van der Waals surface area (Å²) in [5.74, 6) is 0.200. The number of nitrogens with zero attached hydrogens (tertiary/aromatic N) is 1. The summed E-state index contributed by atoms with van der Waals surface area (Å²) in [4.78, 5) is 14.0. The number of ether oxygens (including phenoxy) is 1. The lowest BCUT2D eigenvalue weighted by atomic mass is 9.97. The summed E-state index contributed by atoms with van der Waals surface area (Å²) < 4.78 is 5.09.